The van der Waals surface area contributed by atoms with Crippen LogP contribution in [0.1, 0.15) is 32.1 Å². The van der Waals surface area contributed by atoms with Gasteiger partial charge in [-0.25, -0.2) is 4.39 Å². The van der Waals surface area contributed by atoms with E-state index in [1.54, 1.807) is 0 Å². The van der Waals surface area contributed by atoms with Crippen molar-refractivity contribution in [2.45, 2.75) is 32.1 Å². The molecular formula is C14H16BrFN2O. The number of Topliss-reactive ketones (excluding diaryl/α,β-unsaturated/α-hetero) is 1. The van der Waals surface area contributed by atoms with Gasteiger partial charge in [-0.1, -0.05) is 19.3 Å². The van der Waals surface area contributed by atoms with Crippen LogP contribution in [0.25, 0.3) is 0 Å². The Kier molecular flexibility index (Phi) is 4.69. The highest BCUT2D eigenvalue weighted by Gasteiger charge is 2.24. The van der Waals surface area contributed by atoms with Crippen LogP contribution < -0.4 is 5.32 Å². The number of anilines is 1. The third-order valence-corrected chi connectivity index (χ3v) is 4.02. The van der Waals surface area contributed by atoms with Gasteiger partial charge in [-0.05, 0) is 47.0 Å². The molecule has 0 heterocycles. The zero-order chi connectivity index (χ0) is 13.8. The molecule has 2 rings (SSSR count). The van der Waals surface area contributed by atoms with Crippen LogP contribution >= 0.6 is 15.9 Å². The van der Waals surface area contributed by atoms with Crippen molar-refractivity contribution in [2.24, 2.45) is 5.92 Å². The van der Waals surface area contributed by atoms with Crippen LogP contribution in [0.5, 0.6) is 0 Å². The molecule has 0 bridgehead atoms. The Bertz CT molecular complexity index is 498. The fraction of sp³-hybridized carbons (Fsp3) is 0.429. The quantitative estimate of drug-likeness (QED) is 0.648. The first-order valence-electron chi connectivity index (χ1n) is 6.43. The van der Waals surface area contributed by atoms with E-state index in [1.165, 1.54) is 24.6 Å². The highest BCUT2D eigenvalue weighted by molar-refractivity contribution is 9.10. The third kappa shape index (κ3) is 3.62. The van der Waals surface area contributed by atoms with E-state index in [0.29, 0.717) is 10.2 Å². The maximum absolute atomic E-state index is 13.1. The summed E-state index contributed by atoms with van der Waals surface area (Å²) in [6, 6.07) is 4.34. The van der Waals surface area contributed by atoms with E-state index in [9.17, 15) is 9.18 Å². The Morgan fingerprint density at radius 3 is 2.63 bits per heavy atom. The number of ketones is 1. The number of halogens is 2. The minimum absolute atomic E-state index is 0.0300. The van der Waals surface area contributed by atoms with Crippen LogP contribution in [0, 0.1) is 17.1 Å². The number of carbonyl (C=O) groups is 1. The lowest BCUT2D eigenvalue weighted by molar-refractivity contribution is -0.117. The van der Waals surface area contributed by atoms with Crippen LogP contribution in [0.15, 0.2) is 22.7 Å². The maximum atomic E-state index is 13.1. The van der Waals surface area contributed by atoms with Crippen molar-refractivity contribution in [2.75, 3.05) is 5.32 Å². The monoisotopic (exact) mass is 326 g/mol. The number of carbonyl (C=O) groups excluding carboxylic acids is 1. The van der Waals surface area contributed by atoms with Gasteiger partial charge in [-0.3, -0.25) is 10.2 Å². The standard InChI is InChI=1S/C14H16BrFN2O/c15-11-8-10(6-7-12(11)16)18-14(17)13(19)9-4-2-1-3-5-9/h6-9H,1-5H2,(H2,17,18). The van der Waals surface area contributed by atoms with Gasteiger partial charge < -0.3 is 5.32 Å². The lowest BCUT2D eigenvalue weighted by Gasteiger charge is -2.20. The molecule has 5 heteroatoms. The van der Waals surface area contributed by atoms with Crippen molar-refractivity contribution in [1.82, 2.24) is 0 Å². The van der Waals surface area contributed by atoms with E-state index >= 15 is 0 Å². The van der Waals surface area contributed by atoms with E-state index in [-0.39, 0.29) is 23.4 Å². The summed E-state index contributed by atoms with van der Waals surface area (Å²) in [5, 5.41) is 10.6. The number of hydrogen-bond donors (Lipinski definition) is 2. The molecule has 102 valence electrons. The second-order valence-corrected chi connectivity index (χ2v) is 5.68. The first-order valence-corrected chi connectivity index (χ1v) is 7.22. The van der Waals surface area contributed by atoms with Crippen LogP contribution in [0.4, 0.5) is 10.1 Å². The lowest BCUT2D eigenvalue weighted by Crippen LogP contribution is -2.30. The highest BCUT2D eigenvalue weighted by Crippen LogP contribution is 2.25. The summed E-state index contributed by atoms with van der Waals surface area (Å²) in [4.78, 5) is 12.1. The number of rotatable bonds is 3. The average Bonchev–Trinajstić information content (AvgIpc) is 2.43. The molecule has 19 heavy (non-hydrogen) atoms. The van der Waals surface area contributed by atoms with Crippen LogP contribution in [0.3, 0.4) is 0 Å². The van der Waals surface area contributed by atoms with Gasteiger partial charge in [0.1, 0.15) is 5.82 Å². The van der Waals surface area contributed by atoms with Crippen molar-refractivity contribution in [1.29, 1.82) is 5.41 Å². The van der Waals surface area contributed by atoms with Crippen molar-refractivity contribution in [3.8, 4) is 0 Å². The fourth-order valence-corrected chi connectivity index (χ4v) is 2.73. The number of benzene rings is 1. The summed E-state index contributed by atoms with van der Waals surface area (Å²) in [5.74, 6) is -0.640. The van der Waals surface area contributed by atoms with E-state index in [4.69, 9.17) is 5.41 Å². The highest BCUT2D eigenvalue weighted by atomic mass is 79.9. The van der Waals surface area contributed by atoms with Gasteiger partial charge in [-0.15, -0.1) is 0 Å². The summed E-state index contributed by atoms with van der Waals surface area (Å²) in [7, 11) is 0. The molecule has 1 fully saturated rings. The Morgan fingerprint density at radius 1 is 1.32 bits per heavy atom. The molecule has 1 aromatic carbocycles. The Labute approximate surface area is 120 Å². The second kappa shape index (κ2) is 6.28. The molecular weight excluding hydrogens is 311 g/mol. The molecule has 1 saturated carbocycles. The number of nitrogens with one attached hydrogen (secondary N) is 2. The minimum Gasteiger partial charge on any atom is -0.338 e. The van der Waals surface area contributed by atoms with Crippen molar-refractivity contribution < 1.29 is 9.18 Å². The zero-order valence-electron chi connectivity index (χ0n) is 10.5. The topological polar surface area (TPSA) is 53.0 Å². The third-order valence-electron chi connectivity index (χ3n) is 3.41. The number of amidine groups is 1. The van der Waals surface area contributed by atoms with E-state index in [2.05, 4.69) is 21.2 Å². The molecule has 0 aromatic heterocycles. The predicted molar refractivity (Wildman–Crippen MR) is 77.0 cm³/mol. The number of hydrogen-bond acceptors (Lipinski definition) is 2. The van der Waals surface area contributed by atoms with Gasteiger partial charge in [0.2, 0.25) is 5.78 Å². The molecule has 1 aliphatic rings. The fourth-order valence-electron chi connectivity index (χ4n) is 2.35. The zero-order valence-corrected chi connectivity index (χ0v) is 12.1. The van der Waals surface area contributed by atoms with Crippen LogP contribution in [-0.4, -0.2) is 11.6 Å². The molecule has 0 unspecified atom stereocenters. The SMILES string of the molecule is N=C(Nc1ccc(F)c(Br)c1)C(=O)C1CCCCC1. The van der Waals surface area contributed by atoms with Crippen molar-refractivity contribution >= 4 is 33.2 Å². The lowest BCUT2D eigenvalue weighted by atomic mass is 9.86. The van der Waals surface area contributed by atoms with Gasteiger partial charge in [-0.2, -0.15) is 0 Å². The van der Waals surface area contributed by atoms with E-state index < -0.39 is 0 Å². The predicted octanol–water partition coefficient (Wildman–Crippen LogP) is 4.13. The molecule has 3 nitrogen and oxygen atoms in total. The molecule has 2 N–H and O–H groups in total. The Morgan fingerprint density at radius 2 is 2.00 bits per heavy atom. The maximum Gasteiger partial charge on any atom is 0.200 e. The van der Waals surface area contributed by atoms with E-state index in [0.717, 1.165) is 25.7 Å². The van der Waals surface area contributed by atoms with Gasteiger partial charge in [0.25, 0.3) is 0 Å². The summed E-state index contributed by atoms with van der Waals surface area (Å²) < 4.78 is 13.4. The smallest absolute Gasteiger partial charge is 0.200 e. The first kappa shape index (κ1) is 14.2. The molecule has 0 saturated heterocycles. The van der Waals surface area contributed by atoms with Crippen molar-refractivity contribution in [3.05, 3.63) is 28.5 Å². The molecule has 1 aromatic rings. The summed E-state index contributed by atoms with van der Waals surface area (Å²) >= 11 is 3.08. The van der Waals surface area contributed by atoms with Gasteiger partial charge in [0.15, 0.2) is 5.84 Å². The molecule has 0 radical (unpaired) electrons. The molecule has 0 spiro atoms. The Balaban J connectivity index is 1.99. The Hall–Kier alpha value is -1.23. The minimum atomic E-state index is -0.365. The van der Waals surface area contributed by atoms with Crippen LogP contribution in [0.2, 0.25) is 0 Å². The second-order valence-electron chi connectivity index (χ2n) is 4.83. The average molecular weight is 327 g/mol. The van der Waals surface area contributed by atoms with Gasteiger partial charge in [0.05, 0.1) is 4.47 Å². The molecule has 0 aliphatic heterocycles. The molecule has 1 aliphatic carbocycles. The normalized spacial score (nSPS) is 16.1. The van der Waals surface area contributed by atoms with Crippen LogP contribution in [-0.2, 0) is 4.79 Å². The van der Waals surface area contributed by atoms with Gasteiger partial charge in [0, 0.05) is 11.6 Å². The van der Waals surface area contributed by atoms with Crippen molar-refractivity contribution in [3.63, 3.8) is 0 Å². The molecule has 0 amide bonds. The first-order chi connectivity index (χ1) is 9.08. The summed E-state index contributed by atoms with van der Waals surface area (Å²) in [6.45, 7) is 0. The van der Waals surface area contributed by atoms with E-state index in [1.807, 2.05) is 0 Å². The summed E-state index contributed by atoms with van der Waals surface area (Å²) in [6.07, 6.45) is 5.04. The molecule has 0 atom stereocenters. The van der Waals surface area contributed by atoms with Gasteiger partial charge >= 0.3 is 0 Å². The summed E-state index contributed by atoms with van der Waals surface area (Å²) in [5.41, 5.74) is 0.544. The largest absolute Gasteiger partial charge is 0.338 e.